The van der Waals surface area contributed by atoms with E-state index in [1.54, 1.807) is 29.7 Å². The number of benzene rings is 1. The van der Waals surface area contributed by atoms with Crippen LogP contribution in [-0.4, -0.2) is 16.5 Å². The summed E-state index contributed by atoms with van der Waals surface area (Å²) in [4.78, 5) is 17.3. The molecule has 0 aliphatic carbocycles. The van der Waals surface area contributed by atoms with Gasteiger partial charge in [0.25, 0.3) is 5.56 Å². The molecule has 7 heteroatoms. The molecule has 2 aromatic heterocycles. The lowest BCUT2D eigenvalue weighted by Gasteiger charge is -2.08. The third-order valence-corrected chi connectivity index (χ3v) is 4.49. The highest BCUT2D eigenvalue weighted by Gasteiger charge is 2.07. The molecule has 0 saturated carbocycles. The molecule has 3 aromatic rings. The Hall–Kier alpha value is -2.05. The third kappa shape index (κ3) is 2.80. The summed E-state index contributed by atoms with van der Waals surface area (Å²) in [5, 5.41) is 5.66. The van der Waals surface area contributed by atoms with E-state index in [4.69, 9.17) is 16.3 Å². The number of nitrogens with one attached hydrogen (secondary N) is 1. The second-order valence-electron chi connectivity index (χ2n) is 4.78. The maximum atomic E-state index is 12.1. The van der Waals surface area contributed by atoms with Crippen LogP contribution in [0.3, 0.4) is 0 Å². The number of anilines is 1. The van der Waals surface area contributed by atoms with Crippen molar-refractivity contribution in [2.24, 2.45) is 0 Å². The summed E-state index contributed by atoms with van der Waals surface area (Å²) in [5.41, 5.74) is 2.38. The van der Waals surface area contributed by atoms with E-state index >= 15 is 0 Å². The van der Waals surface area contributed by atoms with Gasteiger partial charge in [0.15, 0.2) is 4.96 Å². The fourth-order valence-corrected chi connectivity index (χ4v) is 3.31. The van der Waals surface area contributed by atoms with Crippen molar-refractivity contribution in [1.82, 2.24) is 9.38 Å². The molecule has 0 amide bonds. The molecular weight excluding hydrogens is 322 g/mol. The van der Waals surface area contributed by atoms with E-state index in [0.717, 1.165) is 11.4 Å². The van der Waals surface area contributed by atoms with Gasteiger partial charge < -0.3 is 10.1 Å². The van der Waals surface area contributed by atoms with Gasteiger partial charge in [-0.1, -0.05) is 11.6 Å². The smallest absolute Gasteiger partial charge is 0.259 e. The predicted octanol–water partition coefficient (Wildman–Crippen LogP) is 3.34. The topological polar surface area (TPSA) is 55.6 Å². The molecule has 0 saturated heterocycles. The van der Waals surface area contributed by atoms with E-state index in [1.807, 2.05) is 18.4 Å². The van der Waals surface area contributed by atoms with Gasteiger partial charge in [0, 0.05) is 22.8 Å². The fraction of sp³-hybridized carbons (Fsp3) is 0.200. The van der Waals surface area contributed by atoms with Gasteiger partial charge in [-0.2, -0.15) is 0 Å². The minimum atomic E-state index is -0.0617. The molecule has 1 N–H and O–H groups in total. The van der Waals surface area contributed by atoms with Crippen LogP contribution < -0.4 is 15.6 Å². The standard InChI is InChI=1S/C15H14ClN3O2S/c1-9-8-22-15-18-11(6-14(20)19(9)15)7-17-10-3-4-13(21-2)12(16)5-10/h3-6,8,17H,7H2,1-2H3. The molecule has 2 heterocycles. The molecule has 0 unspecified atom stereocenters. The molecule has 22 heavy (non-hydrogen) atoms. The van der Waals surface area contributed by atoms with Crippen molar-refractivity contribution in [2.75, 3.05) is 12.4 Å². The minimum absolute atomic E-state index is 0.0617. The fourth-order valence-electron chi connectivity index (χ4n) is 2.16. The average molecular weight is 336 g/mol. The van der Waals surface area contributed by atoms with Crippen LogP contribution in [0.1, 0.15) is 11.4 Å². The predicted molar refractivity (Wildman–Crippen MR) is 89.4 cm³/mol. The number of aryl methyl sites for hydroxylation is 1. The quantitative estimate of drug-likeness (QED) is 0.794. The van der Waals surface area contributed by atoms with Crippen LogP contribution in [-0.2, 0) is 6.54 Å². The summed E-state index contributed by atoms with van der Waals surface area (Å²) in [7, 11) is 1.57. The summed E-state index contributed by atoms with van der Waals surface area (Å²) in [5.74, 6) is 0.624. The first-order valence-corrected chi connectivity index (χ1v) is 7.88. The minimum Gasteiger partial charge on any atom is -0.495 e. The Morgan fingerprint density at radius 3 is 2.95 bits per heavy atom. The maximum Gasteiger partial charge on any atom is 0.259 e. The van der Waals surface area contributed by atoms with Crippen LogP contribution in [0.5, 0.6) is 5.75 Å². The van der Waals surface area contributed by atoms with Gasteiger partial charge in [0.1, 0.15) is 5.75 Å². The molecule has 0 aliphatic heterocycles. The first kappa shape index (κ1) is 14.9. The highest BCUT2D eigenvalue weighted by Crippen LogP contribution is 2.27. The van der Waals surface area contributed by atoms with Crippen LogP contribution in [0.25, 0.3) is 4.96 Å². The molecule has 0 fully saturated rings. The van der Waals surface area contributed by atoms with Gasteiger partial charge in [-0.05, 0) is 25.1 Å². The summed E-state index contributed by atoms with van der Waals surface area (Å²) >= 11 is 7.54. The number of rotatable bonds is 4. The van der Waals surface area contributed by atoms with Gasteiger partial charge in [0.05, 0.1) is 24.4 Å². The molecule has 0 spiro atoms. The Morgan fingerprint density at radius 2 is 2.23 bits per heavy atom. The van der Waals surface area contributed by atoms with Gasteiger partial charge in [-0.15, -0.1) is 11.3 Å². The normalized spacial score (nSPS) is 10.9. The first-order chi connectivity index (χ1) is 10.6. The summed E-state index contributed by atoms with van der Waals surface area (Å²) in [6.45, 7) is 2.34. The van der Waals surface area contributed by atoms with Gasteiger partial charge in [-0.3, -0.25) is 9.20 Å². The second-order valence-corrected chi connectivity index (χ2v) is 6.03. The largest absolute Gasteiger partial charge is 0.495 e. The lowest BCUT2D eigenvalue weighted by atomic mass is 10.3. The van der Waals surface area contributed by atoms with Crippen LogP contribution in [0.2, 0.25) is 5.02 Å². The van der Waals surface area contributed by atoms with Crippen LogP contribution in [0, 0.1) is 6.92 Å². The van der Waals surface area contributed by atoms with Crippen LogP contribution in [0.15, 0.2) is 34.4 Å². The zero-order valence-corrected chi connectivity index (χ0v) is 13.7. The average Bonchev–Trinajstić information content (AvgIpc) is 2.87. The van der Waals surface area contributed by atoms with Crippen molar-refractivity contribution in [3.8, 4) is 5.75 Å². The molecule has 0 radical (unpaired) electrons. The number of aromatic nitrogens is 2. The van der Waals surface area contributed by atoms with E-state index in [0.29, 0.717) is 28.0 Å². The Labute approximate surface area is 136 Å². The summed E-state index contributed by atoms with van der Waals surface area (Å²) < 4.78 is 6.72. The van der Waals surface area contributed by atoms with E-state index < -0.39 is 0 Å². The molecule has 5 nitrogen and oxygen atoms in total. The van der Waals surface area contributed by atoms with Crippen molar-refractivity contribution in [2.45, 2.75) is 13.5 Å². The van der Waals surface area contributed by atoms with Crippen LogP contribution in [0.4, 0.5) is 5.69 Å². The number of halogens is 1. The van der Waals surface area contributed by atoms with Crippen molar-refractivity contribution in [1.29, 1.82) is 0 Å². The Morgan fingerprint density at radius 1 is 1.41 bits per heavy atom. The van der Waals surface area contributed by atoms with E-state index in [-0.39, 0.29) is 5.56 Å². The number of thiazole rings is 1. The van der Waals surface area contributed by atoms with Crippen molar-refractivity contribution < 1.29 is 4.74 Å². The van der Waals surface area contributed by atoms with E-state index in [9.17, 15) is 4.79 Å². The highest BCUT2D eigenvalue weighted by molar-refractivity contribution is 7.15. The van der Waals surface area contributed by atoms with Gasteiger partial charge in [0.2, 0.25) is 0 Å². The Balaban J connectivity index is 1.82. The molecule has 0 atom stereocenters. The number of nitrogens with zero attached hydrogens (tertiary/aromatic N) is 2. The SMILES string of the molecule is COc1ccc(NCc2cc(=O)n3c(C)csc3n2)cc1Cl. The summed E-state index contributed by atoms with van der Waals surface area (Å²) in [6, 6.07) is 6.98. The Bertz CT molecular complexity index is 888. The molecule has 3 rings (SSSR count). The molecule has 114 valence electrons. The zero-order chi connectivity index (χ0) is 15.7. The number of hydrogen-bond donors (Lipinski definition) is 1. The number of ether oxygens (including phenoxy) is 1. The van der Waals surface area contributed by atoms with Crippen molar-refractivity contribution in [3.05, 3.63) is 56.4 Å². The first-order valence-electron chi connectivity index (χ1n) is 6.62. The van der Waals surface area contributed by atoms with E-state index in [1.165, 1.54) is 11.3 Å². The van der Waals surface area contributed by atoms with Crippen molar-refractivity contribution in [3.63, 3.8) is 0 Å². The highest BCUT2D eigenvalue weighted by atomic mass is 35.5. The monoisotopic (exact) mass is 335 g/mol. The Kier molecular flexibility index (Phi) is 4.04. The van der Waals surface area contributed by atoms with Crippen LogP contribution >= 0.6 is 22.9 Å². The molecule has 0 aliphatic rings. The lowest BCUT2D eigenvalue weighted by molar-refractivity contribution is 0.415. The van der Waals surface area contributed by atoms with Crippen molar-refractivity contribution >= 4 is 33.6 Å². The van der Waals surface area contributed by atoms with E-state index in [2.05, 4.69) is 10.3 Å². The maximum absolute atomic E-state index is 12.1. The number of methoxy groups -OCH3 is 1. The molecule has 1 aromatic carbocycles. The molecule has 0 bridgehead atoms. The summed E-state index contributed by atoms with van der Waals surface area (Å²) in [6.07, 6.45) is 0. The number of fused-ring (bicyclic) bond motifs is 1. The third-order valence-electron chi connectivity index (χ3n) is 3.25. The lowest BCUT2D eigenvalue weighted by Crippen LogP contribution is -2.16. The van der Waals surface area contributed by atoms with Gasteiger partial charge >= 0.3 is 0 Å². The number of hydrogen-bond acceptors (Lipinski definition) is 5. The van der Waals surface area contributed by atoms with Gasteiger partial charge in [-0.25, -0.2) is 4.98 Å². The molecular formula is C15H14ClN3O2S. The zero-order valence-electron chi connectivity index (χ0n) is 12.1. The second kappa shape index (κ2) is 5.98.